The molecular formula is C18H22F3NO3. The Bertz CT molecular complexity index is 605. The molecule has 2 rings (SSSR count). The second-order valence-corrected chi connectivity index (χ2v) is 6.69. The molecule has 0 saturated heterocycles. The summed E-state index contributed by atoms with van der Waals surface area (Å²) in [6.07, 6.45) is -2.94. The first kappa shape index (κ1) is 19.3. The molecule has 1 aliphatic rings. The molecule has 25 heavy (non-hydrogen) atoms. The van der Waals surface area contributed by atoms with Gasteiger partial charge in [0.05, 0.1) is 11.8 Å². The predicted octanol–water partition coefficient (Wildman–Crippen LogP) is 4.57. The number of benzene rings is 1. The van der Waals surface area contributed by atoms with Crippen LogP contribution in [0.15, 0.2) is 24.3 Å². The van der Waals surface area contributed by atoms with Crippen molar-refractivity contribution < 1.29 is 27.9 Å². The molecule has 0 spiro atoms. The van der Waals surface area contributed by atoms with Gasteiger partial charge in [-0.3, -0.25) is 9.59 Å². The lowest BCUT2D eigenvalue weighted by atomic mass is 9.80. The van der Waals surface area contributed by atoms with E-state index in [2.05, 4.69) is 5.32 Å². The zero-order valence-corrected chi connectivity index (χ0v) is 14.0. The summed E-state index contributed by atoms with van der Waals surface area (Å²) in [6.45, 7) is 1.58. The number of carbonyl (C=O) groups is 2. The number of aliphatic carboxylic acids is 1. The van der Waals surface area contributed by atoms with Crippen LogP contribution in [0.3, 0.4) is 0 Å². The molecule has 1 aromatic rings. The normalized spacial score (nSPS) is 22.2. The highest BCUT2D eigenvalue weighted by atomic mass is 19.4. The summed E-state index contributed by atoms with van der Waals surface area (Å²) < 4.78 is 37.9. The molecule has 1 unspecified atom stereocenters. The smallest absolute Gasteiger partial charge is 0.391 e. The third kappa shape index (κ3) is 5.47. The van der Waals surface area contributed by atoms with Crippen LogP contribution in [0, 0.1) is 11.8 Å². The van der Waals surface area contributed by atoms with Gasteiger partial charge in [0.1, 0.15) is 0 Å². The van der Waals surface area contributed by atoms with Gasteiger partial charge in [0.2, 0.25) is 5.91 Å². The monoisotopic (exact) mass is 357 g/mol. The van der Waals surface area contributed by atoms with Crippen LogP contribution in [0.25, 0.3) is 0 Å². The van der Waals surface area contributed by atoms with Crippen molar-refractivity contribution in [2.45, 2.75) is 51.1 Å². The summed E-state index contributed by atoms with van der Waals surface area (Å²) in [5.41, 5.74) is 1.19. The number of nitrogens with one attached hydrogen (secondary N) is 1. The topological polar surface area (TPSA) is 66.4 Å². The van der Waals surface area contributed by atoms with Crippen LogP contribution in [0.1, 0.15) is 50.5 Å². The van der Waals surface area contributed by atoms with Crippen molar-refractivity contribution in [3.05, 3.63) is 29.8 Å². The van der Waals surface area contributed by atoms with Crippen molar-refractivity contribution in [2.75, 3.05) is 5.32 Å². The summed E-state index contributed by atoms with van der Waals surface area (Å²) in [5, 5.41) is 11.7. The van der Waals surface area contributed by atoms with Gasteiger partial charge in [-0.2, -0.15) is 13.2 Å². The number of halogens is 3. The standard InChI is InChI=1S/C18H22F3NO3/c1-11(17(24)25)13-4-8-15(9-5-13)22-16(23)10-12-2-6-14(7-3-12)18(19,20)21/h4-5,8-9,11-12,14H,2-3,6-7,10H2,1H3,(H,22,23)(H,24,25). The quantitative estimate of drug-likeness (QED) is 0.811. The number of hydrogen-bond donors (Lipinski definition) is 2. The lowest BCUT2D eigenvalue weighted by molar-refractivity contribution is -0.184. The Morgan fingerprint density at radius 2 is 1.72 bits per heavy atom. The molecule has 7 heteroatoms. The highest BCUT2D eigenvalue weighted by molar-refractivity contribution is 5.91. The Kier molecular flexibility index (Phi) is 6.08. The van der Waals surface area contributed by atoms with E-state index in [1.54, 1.807) is 31.2 Å². The highest BCUT2D eigenvalue weighted by Crippen LogP contribution is 2.40. The molecule has 138 valence electrons. The number of hydrogen-bond acceptors (Lipinski definition) is 2. The second-order valence-electron chi connectivity index (χ2n) is 6.69. The molecule has 0 heterocycles. The van der Waals surface area contributed by atoms with Crippen molar-refractivity contribution in [1.82, 2.24) is 0 Å². The van der Waals surface area contributed by atoms with Crippen LogP contribution < -0.4 is 5.32 Å². The number of anilines is 1. The van der Waals surface area contributed by atoms with Crippen LogP contribution in [-0.2, 0) is 9.59 Å². The molecule has 4 nitrogen and oxygen atoms in total. The molecule has 0 radical (unpaired) electrons. The zero-order valence-electron chi connectivity index (χ0n) is 14.0. The van der Waals surface area contributed by atoms with Crippen LogP contribution in [0.5, 0.6) is 0 Å². The van der Waals surface area contributed by atoms with Crippen LogP contribution in [-0.4, -0.2) is 23.2 Å². The maximum absolute atomic E-state index is 12.6. The molecular weight excluding hydrogens is 335 g/mol. The fourth-order valence-corrected chi connectivity index (χ4v) is 3.17. The van der Waals surface area contributed by atoms with Gasteiger partial charge in [-0.1, -0.05) is 12.1 Å². The summed E-state index contributed by atoms with van der Waals surface area (Å²) in [7, 11) is 0. The van der Waals surface area contributed by atoms with Gasteiger partial charge in [-0.25, -0.2) is 0 Å². The minimum atomic E-state index is -4.14. The van der Waals surface area contributed by atoms with Crippen molar-refractivity contribution in [3.8, 4) is 0 Å². The maximum Gasteiger partial charge on any atom is 0.391 e. The SMILES string of the molecule is CC(C(=O)O)c1ccc(NC(=O)CC2CCC(C(F)(F)F)CC2)cc1. The largest absolute Gasteiger partial charge is 0.481 e. The summed E-state index contributed by atoms with van der Waals surface area (Å²) in [6, 6.07) is 6.55. The second kappa shape index (κ2) is 7.89. The molecule has 2 N–H and O–H groups in total. The fourth-order valence-electron chi connectivity index (χ4n) is 3.17. The van der Waals surface area contributed by atoms with E-state index in [1.165, 1.54) is 0 Å². The Balaban J connectivity index is 1.82. The Hall–Kier alpha value is -2.05. The van der Waals surface area contributed by atoms with E-state index >= 15 is 0 Å². The van der Waals surface area contributed by atoms with Crippen molar-refractivity contribution in [1.29, 1.82) is 0 Å². The number of alkyl halides is 3. The number of carboxylic acid groups (broad SMARTS) is 1. The molecule has 1 fully saturated rings. The molecule has 0 aliphatic heterocycles. The third-order valence-corrected chi connectivity index (χ3v) is 4.85. The van der Waals surface area contributed by atoms with Gasteiger partial charge in [-0.15, -0.1) is 0 Å². The van der Waals surface area contributed by atoms with E-state index in [4.69, 9.17) is 5.11 Å². The molecule has 0 bridgehead atoms. The lowest BCUT2D eigenvalue weighted by Gasteiger charge is -2.29. The van der Waals surface area contributed by atoms with Gasteiger partial charge in [-0.05, 0) is 56.2 Å². The van der Waals surface area contributed by atoms with E-state index in [0.717, 1.165) is 0 Å². The van der Waals surface area contributed by atoms with E-state index in [9.17, 15) is 22.8 Å². The number of amides is 1. The highest BCUT2D eigenvalue weighted by Gasteiger charge is 2.41. The Morgan fingerprint density at radius 3 is 2.20 bits per heavy atom. The van der Waals surface area contributed by atoms with Gasteiger partial charge in [0, 0.05) is 12.1 Å². The minimum Gasteiger partial charge on any atom is -0.481 e. The molecule has 1 amide bonds. The molecule has 1 aromatic carbocycles. The zero-order chi connectivity index (χ0) is 18.6. The van der Waals surface area contributed by atoms with Gasteiger partial charge in [0.25, 0.3) is 0 Å². The predicted molar refractivity (Wildman–Crippen MR) is 87.2 cm³/mol. The average Bonchev–Trinajstić information content (AvgIpc) is 2.54. The van der Waals surface area contributed by atoms with Gasteiger partial charge < -0.3 is 10.4 Å². The van der Waals surface area contributed by atoms with Crippen molar-refractivity contribution >= 4 is 17.6 Å². The van der Waals surface area contributed by atoms with E-state index < -0.39 is 24.0 Å². The van der Waals surface area contributed by atoms with Crippen LogP contribution in [0.2, 0.25) is 0 Å². The third-order valence-electron chi connectivity index (χ3n) is 4.85. The summed E-state index contributed by atoms with van der Waals surface area (Å²) in [5.74, 6) is -3.05. The molecule has 1 aliphatic carbocycles. The van der Waals surface area contributed by atoms with Gasteiger partial charge in [0.15, 0.2) is 0 Å². The van der Waals surface area contributed by atoms with E-state index in [-0.39, 0.29) is 31.1 Å². The Morgan fingerprint density at radius 1 is 1.16 bits per heavy atom. The first-order valence-corrected chi connectivity index (χ1v) is 8.36. The fraction of sp³-hybridized carbons (Fsp3) is 0.556. The van der Waals surface area contributed by atoms with Crippen molar-refractivity contribution in [3.63, 3.8) is 0 Å². The van der Waals surface area contributed by atoms with E-state index in [1.807, 2.05) is 0 Å². The molecule has 1 saturated carbocycles. The van der Waals surface area contributed by atoms with E-state index in [0.29, 0.717) is 24.1 Å². The van der Waals surface area contributed by atoms with Gasteiger partial charge >= 0.3 is 12.1 Å². The number of carboxylic acids is 1. The molecule has 1 atom stereocenters. The first-order chi connectivity index (χ1) is 11.7. The maximum atomic E-state index is 12.6. The average molecular weight is 357 g/mol. The number of rotatable bonds is 5. The van der Waals surface area contributed by atoms with Crippen molar-refractivity contribution in [2.24, 2.45) is 11.8 Å². The minimum absolute atomic E-state index is 0.0232. The van der Waals surface area contributed by atoms with Crippen LogP contribution >= 0.6 is 0 Å². The summed E-state index contributed by atoms with van der Waals surface area (Å²) in [4.78, 5) is 23.0. The first-order valence-electron chi connectivity index (χ1n) is 8.36. The van der Waals surface area contributed by atoms with Crippen LogP contribution in [0.4, 0.5) is 18.9 Å². The summed E-state index contributed by atoms with van der Waals surface area (Å²) >= 11 is 0. The number of carbonyl (C=O) groups excluding carboxylic acids is 1. The lowest BCUT2D eigenvalue weighted by Crippen LogP contribution is -2.29. The Labute approximate surface area is 144 Å². The molecule has 0 aromatic heterocycles.